The van der Waals surface area contributed by atoms with E-state index in [1.807, 2.05) is 43.3 Å². The quantitative estimate of drug-likeness (QED) is 0.777. The van der Waals surface area contributed by atoms with Crippen LogP contribution in [0.4, 0.5) is 0 Å². The van der Waals surface area contributed by atoms with Crippen LogP contribution in [0.15, 0.2) is 54.2 Å². The number of likely N-dealkylation sites (N-methyl/N-ethyl adjacent to an activating group) is 2. The minimum absolute atomic E-state index is 0.156. The number of aryl methyl sites for hydroxylation is 1. The highest BCUT2D eigenvalue weighted by atomic mass is 16.2. The molecule has 0 N–H and O–H groups in total. The van der Waals surface area contributed by atoms with Gasteiger partial charge in [-0.1, -0.05) is 42.5 Å². The van der Waals surface area contributed by atoms with Gasteiger partial charge in [0, 0.05) is 20.5 Å². The summed E-state index contributed by atoms with van der Waals surface area (Å²) in [6, 6.07) is 17.2. The van der Waals surface area contributed by atoms with Gasteiger partial charge >= 0.3 is 0 Å². The van der Waals surface area contributed by atoms with Crippen molar-refractivity contribution in [1.29, 1.82) is 5.26 Å². The number of nitriles is 1. The largest absolute Gasteiger partial charge is 0.326 e. The van der Waals surface area contributed by atoms with Crippen molar-refractivity contribution in [2.75, 3.05) is 14.1 Å². The van der Waals surface area contributed by atoms with Gasteiger partial charge < -0.3 is 9.80 Å². The molecule has 5 heteroatoms. The van der Waals surface area contributed by atoms with Crippen LogP contribution in [0, 0.1) is 18.3 Å². The van der Waals surface area contributed by atoms with Crippen LogP contribution >= 0.6 is 0 Å². The van der Waals surface area contributed by atoms with Gasteiger partial charge in [0.2, 0.25) is 0 Å². The average molecular weight is 373 g/mol. The van der Waals surface area contributed by atoms with Gasteiger partial charge in [0.1, 0.15) is 11.2 Å². The molecule has 3 rings (SSSR count). The highest BCUT2D eigenvalue weighted by molar-refractivity contribution is 6.09. The molecule has 1 heterocycles. The van der Waals surface area contributed by atoms with Gasteiger partial charge in [-0.2, -0.15) is 5.26 Å². The third-order valence-electron chi connectivity index (χ3n) is 5.51. The Morgan fingerprint density at radius 2 is 1.75 bits per heavy atom. The van der Waals surface area contributed by atoms with Crippen molar-refractivity contribution in [3.05, 3.63) is 76.5 Å². The summed E-state index contributed by atoms with van der Waals surface area (Å²) in [6.45, 7) is 3.67. The zero-order chi connectivity index (χ0) is 20.5. The van der Waals surface area contributed by atoms with Crippen molar-refractivity contribution < 1.29 is 9.59 Å². The van der Waals surface area contributed by atoms with Crippen LogP contribution in [0.3, 0.4) is 0 Å². The Bertz CT molecular complexity index is 1000. The summed E-state index contributed by atoms with van der Waals surface area (Å²) in [4.78, 5) is 29.4. The van der Waals surface area contributed by atoms with Gasteiger partial charge in [-0.3, -0.25) is 9.59 Å². The predicted octanol–water partition coefficient (Wildman–Crippen LogP) is 3.14. The van der Waals surface area contributed by atoms with E-state index in [1.165, 1.54) is 9.80 Å². The molecule has 142 valence electrons. The third-order valence-corrected chi connectivity index (χ3v) is 5.51. The summed E-state index contributed by atoms with van der Waals surface area (Å²) in [5.74, 6) is -0.399. The van der Waals surface area contributed by atoms with E-state index in [1.54, 1.807) is 39.2 Å². The number of benzene rings is 2. The Morgan fingerprint density at radius 1 is 1.07 bits per heavy atom. The van der Waals surface area contributed by atoms with E-state index in [0.717, 1.165) is 11.1 Å². The smallest absolute Gasteiger partial charge is 0.271 e. The molecule has 2 aromatic rings. The van der Waals surface area contributed by atoms with Crippen LogP contribution < -0.4 is 0 Å². The topological polar surface area (TPSA) is 64.4 Å². The molecule has 5 nitrogen and oxygen atoms in total. The first-order valence-electron chi connectivity index (χ1n) is 9.11. The van der Waals surface area contributed by atoms with Crippen LogP contribution in [0.1, 0.15) is 29.2 Å². The Kier molecular flexibility index (Phi) is 5.06. The van der Waals surface area contributed by atoms with Crippen LogP contribution in [0.25, 0.3) is 6.08 Å². The average Bonchev–Trinajstić information content (AvgIpc) is 2.70. The molecule has 0 bridgehead atoms. The van der Waals surface area contributed by atoms with Crippen LogP contribution in [0.5, 0.6) is 0 Å². The maximum atomic E-state index is 13.3. The number of carbonyl (C=O) groups excluding carboxylic acids is 2. The van der Waals surface area contributed by atoms with Gasteiger partial charge in [0.25, 0.3) is 11.8 Å². The molecular formula is C23H23N3O2. The minimum atomic E-state index is -0.978. The van der Waals surface area contributed by atoms with Crippen molar-refractivity contribution in [3.63, 3.8) is 0 Å². The number of piperazine rings is 1. The van der Waals surface area contributed by atoms with Gasteiger partial charge in [-0.05, 0) is 42.7 Å². The van der Waals surface area contributed by atoms with Gasteiger partial charge in [0.05, 0.1) is 11.6 Å². The van der Waals surface area contributed by atoms with Crippen molar-refractivity contribution in [2.45, 2.75) is 25.8 Å². The van der Waals surface area contributed by atoms with E-state index < -0.39 is 5.54 Å². The number of rotatable bonds is 3. The Morgan fingerprint density at radius 3 is 2.39 bits per heavy atom. The monoisotopic (exact) mass is 373 g/mol. The molecule has 2 aromatic carbocycles. The Labute approximate surface area is 165 Å². The van der Waals surface area contributed by atoms with E-state index in [0.29, 0.717) is 17.5 Å². The van der Waals surface area contributed by atoms with E-state index in [9.17, 15) is 14.9 Å². The lowest BCUT2D eigenvalue weighted by Gasteiger charge is -2.45. The van der Waals surface area contributed by atoms with E-state index in [4.69, 9.17) is 0 Å². The summed E-state index contributed by atoms with van der Waals surface area (Å²) >= 11 is 0. The molecule has 0 aromatic heterocycles. The van der Waals surface area contributed by atoms with Gasteiger partial charge in [0.15, 0.2) is 0 Å². The second kappa shape index (κ2) is 7.32. The molecule has 2 amide bonds. The minimum Gasteiger partial charge on any atom is -0.326 e. The van der Waals surface area contributed by atoms with E-state index >= 15 is 0 Å². The number of hydrogen-bond donors (Lipinski definition) is 0. The van der Waals surface area contributed by atoms with Crippen molar-refractivity contribution >= 4 is 17.9 Å². The first-order chi connectivity index (χ1) is 13.3. The zero-order valence-electron chi connectivity index (χ0n) is 16.6. The first-order valence-corrected chi connectivity index (χ1v) is 9.11. The molecule has 0 spiro atoms. The van der Waals surface area contributed by atoms with Crippen LogP contribution in [-0.4, -0.2) is 41.2 Å². The number of carbonyl (C=O) groups is 2. The van der Waals surface area contributed by atoms with Gasteiger partial charge in [-0.25, -0.2) is 0 Å². The number of amides is 2. The summed E-state index contributed by atoms with van der Waals surface area (Å²) in [7, 11) is 3.28. The van der Waals surface area contributed by atoms with Crippen molar-refractivity contribution in [1.82, 2.24) is 9.80 Å². The molecule has 1 unspecified atom stereocenters. The lowest BCUT2D eigenvalue weighted by molar-refractivity contribution is -0.155. The maximum Gasteiger partial charge on any atom is 0.271 e. The molecular weight excluding hydrogens is 350 g/mol. The second-order valence-corrected chi connectivity index (χ2v) is 7.34. The standard InChI is InChI=1S/C23H23N3O2/c1-16-9-8-12-18(15-24)19(16)13-20-21(27)26(4)23(2,22(28)25(20)3)14-17-10-6-5-7-11-17/h5-13H,14H2,1-4H3. The van der Waals surface area contributed by atoms with Crippen LogP contribution in [0.2, 0.25) is 0 Å². The summed E-state index contributed by atoms with van der Waals surface area (Å²) in [5.41, 5.74) is 2.29. The molecule has 1 aliphatic heterocycles. The van der Waals surface area contributed by atoms with Gasteiger partial charge in [-0.15, -0.1) is 0 Å². The lowest BCUT2D eigenvalue weighted by atomic mass is 9.86. The molecule has 0 radical (unpaired) electrons. The Balaban J connectivity index is 2.03. The summed E-state index contributed by atoms with van der Waals surface area (Å²) < 4.78 is 0. The van der Waals surface area contributed by atoms with E-state index in [2.05, 4.69) is 6.07 Å². The summed E-state index contributed by atoms with van der Waals surface area (Å²) in [6.07, 6.45) is 2.08. The predicted molar refractivity (Wildman–Crippen MR) is 108 cm³/mol. The highest BCUT2D eigenvalue weighted by Gasteiger charge is 2.48. The first kappa shape index (κ1) is 19.4. The molecule has 0 aliphatic carbocycles. The second-order valence-electron chi connectivity index (χ2n) is 7.34. The zero-order valence-corrected chi connectivity index (χ0v) is 16.6. The van der Waals surface area contributed by atoms with Crippen molar-refractivity contribution in [3.8, 4) is 6.07 Å². The van der Waals surface area contributed by atoms with Crippen molar-refractivity contribution in [2.24, 2.45) is 0 Å². The van der Waals surface area contributed by atoms with Crippen LogP contribution in [-0.2, 0) is 16.0 Å². The molecule has 1 fully saturated rings. The number of nitrogens with zero attached hydrogens (tertiary/aromatic N) is 3. The molecule has 1 atom stereocenters. The fourth-order valence-electron chi connectivity index (χ4n) is 3.61. The fourth-order valence-corrected chi connectivity index (χ4v) is 3.61. The Hall–Kier alpha value is -3.39. The van der Waals surface area contributed by atoms with E-state index in [-0.39, 0.29) is 17.5 Å². The molecule has 1 saturated heterocycles. The third kappa shape index (κ3) is 3.18. The molecule has 28 heavy (non-hydrogen) atoms. The molecule has 1 aliphatic rings. The summed E-state index contributed by atoms with van der Waals surface area (Å²) in [5, 5.41) is 9.40. The highest BCUT2D eigenvalue weighted by Crippen LogP contribution is 2.31. The number of hydrogen-bond acceptors (Lipinski definition) is 3. The SMILES string of the molecule is Cc1cccc(C#N)c1C=C1C(=O)N(C)C(C)(Cc2ccccc2)C(=O)N1C. The maximum absolute atomic E-state index is 13.3. The normalized spacial score (nSPS) is 21.2. The fraction of sp³-hybridized carbons (Fsp3) is 0.261. The molecule has 0 saturated carbocycles. The lowest BCUT2D eigenvalue weighted by Crippen LogP contribution is -2.64.